The molecule has 1 heterocycles. The highest BCUT2D eigenvalue weighted by molar-refractivity contribution is 6.04. The van der Waals surface area contributed by atoms with E-state index in [1.54, 1.807) is 11.6 Å². The molecule has 0 fully saturated rings. The first kappa shape index (κ1) is 25.9. The van der Waals surface area contributed by atoms with Crippen molar-refractivity contribution in [2.45, 2.75) is 46.8 Å². The second-order valence-electron chi connectivity index (χ2n) is 8.64. The second kappa shape index (κ2) is 10.3. The molecule has 186 valence electrons. The van der Waals surface area contributed by atoms with E-state index in [9.17, 15) is 27.2 Å². The molecular formula is C25H26F4N4O2. The SMILES string of the molecule is Cc1nn(CC(C)C)c(C)c1CC(=O)Nc1ccc(NC(=O)c2ccccc2F)cc1C(F)(F)F. The summed E-state index contributed by atoms with van der Waals surface area (Å²) < 4.78 is 56.8. The monoisotopic (exact) mass is 490 g/mol. The lowest BCUT2D eigenvalue weighted by Gasteiger charge is -2.16. The molecule has 0 aliphatic heterocycles. The molecule has 2 N–H and O–H groups in total. The van der Waals surface area contributed by atoms with Crippen molar-refractivity contribution in [1.29, 1.82) is 0 Å². The van der Waals surface area contributed by atoms with Gasteiger partial charge in [0, 0.05) is 23.5 Å². The van der Waals surface area contributed by atoms with Crippen molar-refractivity contribution in [3.63, 3.8) is 0 Å². The van der Waals surface area contributed by atoms with Gasteiger partial charge in [0.05, 0.1) is 28.9 Å². The number of amides is 2. The van der Waals surface area contributed by atoms with Crippen LogP contribution >= 0.6 is 0 Å². The Bertz CT molecular complexity index is 1250. The maximum absolute atomic E-state index is 13.8. The highest BCUT2D eigenvalue weighted by Gasteiger charge is 2.34. The molecule has 10 heteroatoms. The van der Waals surface area contributed by atoms with Gasteiger partial charge in [-0.2, -0.15) is 18.3 Å². The zero-order valence-corrected chi connectivity index (χ0v) is 19.8. The van der Waals surface area contributed by atoms with E-state index in [1.807, 2.05) is 20.8 Å². The largest absolute Gasteiger partial charge is 0.418 e. The zero-order valence-electron chi connectivity index (χ0n) is 19.8. The quantitative estimate of drug-likeness (QED) is 0.414. The predicted octanol–water partition coefficient (Wildman–Crippen LogP) is 5.75. The number of carbonyl (C=O) groups excluding carboxylic acids is 2. The van der Waals surface area contributed by atoms with Gasteiger partial charge in [-0.1, -0.05) is 26.0 Å². The van der Waals surface area contributed by atoms with Crippen LogP contribution in [0.4, 0.5) is 28.9 Å². The molecule has 3 aromatic rings. The maximum atomic E-state index is 13.8. The number of halogens is 4. The van der Waals surface area contributed by atoms with Crippen LogP contribution in [0.3, 0.4) is 0 Å². The molecule has 0 aliphatic carbocycles. The number of alkyl halides is 3. The predicted molar refractivity (Wildman–Crippen MR) is 125 cm³/mol. The number of nitrogens with zero attached hydrogens (tertiary/aromatic N) is 2. The smallest absolute Gasteiger partial charge is 0.325 e. The van der Waals surface area contributed by atoms with Gasteiger partial charge in [0.15, 0.2) is 0 Å². The number of anilines is 2. The average Bonchev–Trinajstić information content (AvgIpc) is 3.01. The van der Waals surface area contributed by atoms with Gasteiger partial charge in [-0.3, -0.25) is 14.3 Å². The lowest BCUT2D eigenvalue weighted by molar-refractivity contribution is -0.136. The van der Waals surface area contributed by atoms with Crippen LogP contribution in [0.1, 0.15) is 46.7 Å². The number of aryl methyl sites for hydroxylation is 1. The molecule has 2 amide bonds. The number of nitrogens with one attached hydrogen (secondary N) is 2. The van der Waals surface area contributed by atoms with Gasteiger partial charge >= 0.3 is 6.18 Å². The van der Waals surface area contributed by atoms with E-state index in [2.05, 4.69) is 15.7 Å². The Hall–Kier alpha value is -3.69. The summed E-state index contributed by atoms with van der Waals surface area (Å²) >= 11 is 0. The molecule has 0 saturated carbocycles. The van der Waals surface area contributed by atoms with E-state index < -0.39 is 35.1 Å². The Morgan fingerprint density at radius 1 is 1.06 bits per heavy atom. The van der Waals surface area contributed by atoms with E-state index in [1.165, 1.54) is 24.3 Å². The van der Waals surface area contributed by atoms with Crippen molar-refractivity contribution in [1.82, 2.24) is 9.78 Å². The molecule has 0 spiro atoms. The van der Waals surface area contributed by atoms with Crippen molar-refractivity contribution in [2.75, 3.05) is 10.6 Å². The molecule has 0 unspecified atom stereocenters. The summed E-state index contributed by atoms with van der Waals surface area (Å²) in [6, 6.07) is 8.09. The van der Waals surface area contributed by atoms with Crippen LogP contribution in [-0.4, -0.2) is 21.6 Å². The fourth-order valence-electron chi connectivity index (χ4n) is 3.68. The topological polar surface area (TPSA) is 76.0 Å². The van der Waals surface area contributed by atoms with Crippen LogP contribution in [0.25, 0.3) is 0 Å². The van der Waals surface area contributed by atoms with Crippen molar-refractivity contribution < 1.29 is 27.2 Å². The van der Waals surface area contributed by atoms with Gasteiger partial charge in [-0.05, 0) is 50.1 Å². The lowest BCUT2D eigenvalue weighted by atomic mass is 10.1. The van der Waals surface area contributed by atoms with Crippen LogP contribution in [0, 0.1) is 25.6 Å². The van der Waals surface area contributed by atoms with Crippen LogP contribution in [0.15, 0.2) is 42.5 Å². The van der Waals surface area contributed by atoms with Gasteiger partial charge in [-0.15, -0.1) is 0 Å². The third-order valence-electron chi connectivity index (χ3n) is 5.38. The first-order valence-electron chi connectivity index (χ1n) is 11.0. The molecule has 0 atom stereocenters. The Balaban J connectivity index is 1.81. The summed E-state index contributed by atoms with van der Waals surface area (Å²) in [5, 5.41) is 9.01. The minimum absolute atomic E-state index is 0.140. The van der Waals surface area contributed by atoms with Crippen molar-refractivity contribution in [2.24, 2.45) is 5.92 Å². The van der Waals surface area contributed by atoms with Crippen LogP contribution < -0.4 is 10.6 Å². The second-order valence-corrected chi connectivity index (χ2v) is 8.64. The minimum atomic E-state index is -4.81. The summed E-state index contributed by atoms with van der Waals surface area (Å²) in [4.78, 5) is 24.9. The normalized spacial score (nSPS) is 11.6. The fourth-order valence-corrected chi connectivity index (χ4v) is 3.68. The van der Waals surface area contributed by atoms with Gasteiger partial charge in [0.1, 0.15) is 5.82 Å². The van der Waals surface area contributed by atoms with E-state index in [0.29, 0.717) is 29.8 Å². The van der Waals surface area contributed by atoms with E-state index >= 15 is 0 Å². The lowest BCUT2D eigenvalue weighted by Crippen LogP contribution is -2.20. The Morgan fingerprint density at radius 2 is 1.74 bits per heavy atom. The standard InChI is InChI=1S/C25H26F4N4O2/c1-14(2)13-33-16(4)19(15(3)32-33)12-23(34)31-22-10-9-17(11-20(22)25(27,28)29)30-24(35)18-7-5-6-8-21(18)26/h5-11,14H,12-13H2,1-4H3,(H,30,35)(H,31,34). The first-order chi connectivity index (χ1) is 16.4. The highest BCUT2D eigenvalue weighted by atomic mass is 19.4. The summed E-state index contributed by atoms with van der Waals surface area (Å²) in [6.45, 7) is 8.29. The number of aromatic nitrogens is 2. The molecule has 0 saturated heterocycles. The molecule has 1 aromatic heterocycles. The molecule has 0 bridgehead atoms. The number of carbonyl (C=O) groups is 2. The first-order valence-corrected chi connectivity index (χ1v) is 11.0. The minimum Gasteiger partial charge on any atom is -0.325 e. The van der Waals surface area contributed by atoms with Gasteiger partial charge < -0.3 is 10.6 Å². The van der Waals surface area contributed by atoms with Gasteiger partial charge in [0.25, 0.3) is 5.91 Å². The van der Waals surface area contributed by atoms with Crippen LogP contribution in [-0.2, 0) is 23.9 Å². The van der Waals surface area contributed by atoms with Crippen LogP contribution in [0.5, 0.6) is 0 Å². The summed E-state index contributed by atoms with van der Waals surface area (Å²) in [5.74, 6) is -1.99. The molecular weight excluding hydrogens is 464 g/mol. The molecule has 0 radical (unpaired) electrons. The van der Waals surface area contributed by atoms with Crippen LogP contribution in [0.2, 0.25) is 0 Å². The number of benzene rings is 2. The average molecular weight is 491 g/mol. The van der Waals surface area contributed by atoms with Gasteiger partial charge in [-0.25, -0.2) is 4.39 Å². The number of hydrogen-bond acceptors (Lipinski definition) is 3. The zero-order chi connectivity index (χ0) is 25.9. The molecule has 3 rings (SSSR count). The molecule has 2 aromatic carbocycles. The Kier molecular flexibility index (Phi) is 7.62. The Labute approximate surface area is 200 Å². The molecule has 6 nitrogen and oxygen atoms in total. The Morgan fingerprint density at radius 3 is 2.37 bits per heavy atom. The third kappa shape index (κ3) is 6.26. The van der Waals surface area contributed by atoms with E-state index in [4.69, 9.17) is 0 Å². The van der Waals surface area contributed by atoms with Gasteiger partial charge in [0.2, 0.25) is 5.91 Å². The van der Waals surface area contributed by atoms with Crippen molar-refractivity contribution in [3.8, 4) is 0 Å². The fraction of sp³-hybridized carbons (Fsp3) is 0.320. The highest BCUT2D eigenvalue weighted by Crippen LogP contribution is 2.37. The molecule has 0 aliphatic rings. The number of rotatable bonds is 7. The summed E-state index contributed by atoms with van der Waals surface area (Å²) in [5.41, 5.74) is 0.00412. The van der Waals surface area contributed by atoms with Crippen molar-refractivity contribution >= 4 is 23.2 Å². The van der Waals surface area contributed by atoms with Crippen molar-refractivity contribution in [3.05, 3.63) is 76.4 Å². The summed E-state index contributed by atoms with van der Waals surface area (Å²) in [7, 11) is 0. The molecule has 35 heavy (non-hydrogen) atoms. The maximum Gasteiger partial charge on any atom is 0.418 e. The number of hydrogen-bond donors (Lipinski definition) is 2. The summed E-state index contributed by atoms with van der Waals surface area (Å²) in [6.07, 6.45) is -4.95. The van der Waals surface area contributed by atoms with E-state index in [0.717, 1.165) is 17.8 Å². The van der Waals surface area contributed by atoms with E-state index in [-0.39, 0.29) is 17.7 Å². The third-order valence-corrected chi connectivity index (χ3v) is 5.38.